The summed E-state index contributed by atoms with van der Waals surface area (Å²) in [5.74, 6) is -0.591. The molecule has 0 fully saturated rings. The van der Waals surface area contributed by atoms with Crippen molar-refractivity contribution in [2.75, 3.05) is 6.54 Å². The van der Waals surface area contributed by atoms with Crippen LogP contribution >= 0.6 is 0 Å². The zero-order chi connectivity index (χ0) is 11.4. The second-order valence-electron chi connectivity index (χ2n) is 3.39. The minimum atomic E-state index is -2.61. The first-order valence-electron chi connectivity index (χ1n) is 4.83. The summed E-state index contributed by atoms with van der Waals surface area (Å²) >= 11 is 0. The molecule has 0 aliphatic rings. The molecule has 1 aromatic rings. The van der Waals surface area contributed by atoms with Gasteiger partial charge in [-0.1, -0.05) is 24.6 Å². The van der Waals surface area contributed by atoms with Crippen molar-refractivity contribution in [1.29, 1.82) is 0 Å². The van der Waals surface area contributed by atoms with E-state index in [1.54, 1.807) is 19.9 Å². The van der Waals surface area contributed by atoms with Crippen molar-refractivity contribution >= 4 is 0 Å². The largest absolute Gasteiger partial charge is 0.305 e. The van der Waals surface area contributed by atoms with Crippen LogP contribution in [0.4, 0.5) is 13.2 Å². The third-order valence-corrected chi connectivity index (χ3v) is 2.16. The number of aryl methyl sites for hydroxylation is 1. The Morgan fingerprint density at radius 1 is 1.33 bits per heavy atom. The maximum Gasteiger partial charge on any atom is 0.257 e. The lowest BCUT2D eigenvalue weighted by Gasteiger charge is -2.18. The zero-order valence-electron chi connectivity index (χ0n) is 8.73. The predicted molar refractivity (Wildman–Crippen MR) is 53.6 cm³/mol. The lowest BCUT2D eigenvalue weighted by atomic mass is 10.0. The highest BCUT2D eigenvalue weighted by molar-refractivity contribution is 5.27. The maximum atomic E-state index is 13.3. The van der Waals surface area contributed by atoms with Crippen LogP contribution in [-0.2, 0) is 0 Å². The third-order valence-electron chi connectivity index (χ3n) is 2.16. The first-order valence-corrected chi connectivity index (χ1v) is 4.83. The zero-order valence-corrected chi connectivity index (χ0v) is 8.73. The third kappa shape index (κ3) is 2.96. The van der Waals surface area contributed by atoms with Crippen molar-refractivity contribution < 1.29 is 13.2 Å². The van der Waals surface area contributed by atoms with E-state index in [2.05, 4.69) is 5.32 Å². The van der Waals surface area contributed by atoms with Crippen LogP contribution in [0.2, 0.25) is 0 Å². The van der Waals surface area contributed by atoms with E-state index in [1.807, 2.05) is 0 Å². The van der Waals surface area contributed by atoms with E-state index in [0.29, 0.717) is 6.54 Å². The van der Waals surface area contributed by atoms with Gasteiger partial charge in [-0.05, 0) is 19.5 Å². The van der Waals surface area contributed by atoms with E-state index in [0.717, 1.165) is 5.56 Å². The lowest BCUT2D eigenvalue weighted by Crippen LogP contribution is -2.28. The van der Waals surface area contributed by atoms with E-state index in [-0.39, 0.29) is 5.56 Å². The summed E-state index contributed by atoms with van der Waals surface area (Å²) in [4.78, 5) is 0. The number of benzene rings is 1. The van der Waals surface area contributed by atoms with Crippen LogP contribution in [0.5, 0.6) is 0 Å². The van der Waals surface area contributed by atoms with Gasteiger partial charge in [0, 0.05) is 5.56 Å². The molecule has 1 unspecified atom stereocenters. The number of alkyl halides is 2. The number of halogens is 3. The van der Waals surface area contributed by atoms with Gasteiger partial charge in [0.2, 0.25) is 0 Å². The second-order valence-corrected chi connectivity index (χ2v) is 3.39. The first kappa shape index (κ1) is 12.0. The number of hydrogen-bond acceptors (Lipinski definition) is 1. The molecule has 0 radical (unpaired) electrons. The van der Waals surface area contributed by atoms with Gasteiger partial charge in [0.15, 0.2) is 0 Å². The molecular formula is C11H14F3N. The Balaban J connectivity index is 3.04. The highest BCUT2D eigenvalue weighted by Crippen LogP contribution is 2.24. The van der Waals surface area contributed by atoms with Crippen molar-refractivity contribution in [2.24, 2.45) is 0 Å². The van der Waals surface area contributed by atoms with Crippen molar-refractivity contribution in [1.82, 2.24) is 5.32 Å². The molecule has 15 heavy (non-hydrogen) atoms. The topological polar surface area (TPSA) is 12.0 Å². The van der Waals surface area contributed by atoms with Crippen LogP contribution in [0.15, 0.2) is 18.2 Å². The summed E-state index contributed by atoms with van der Waals surface area (Å²) in [6, 6.07) is 3.01. The van der Waals surface area contributed by atoms with Crippen LogP contribution in [0, 0.1) is 12.7 Å². The van der Waals surface area contributed by atoms with Gasteiger partial charge in [-0.2, -0.15) is 0 Å². The van der Waals surface area contributed by atoms with E-state index in [4.69, 9.17) is 0 Å². The minimum Gasteiger partial charge on any atom is -0.305 e. The number of hydrogen-bond donors (Lipinski definition) is 1. The summed E-state index contributed by atoms with van der Waals surface area (Å²) in [5, 5.41) is 2.58. The first-order chi connectivity index (χ1) is 7.06. The molecule has 0 saturated carbocycles. The standard InChI is InChI=1S/C11H14F3N/c1-3-15-10(11(13)14)8-6-7(2)4-5-9(8)12/h4-6,10-11,15H,3H2,1-2H3. The van der Waals surface area contributed by atoms with Gasteiger partial charge in [-0.3, -0.25) is 0 Å². The van der Waals surface area contributed by atoms with E-state index < -0.39 is 18.3 Å². The van der Waals surface area contributed by atoms with Crippen LogP contribution in [0.25, 0.3) is 0 Å². The number of rotatable bonds is 4. The van der Waals surface area contributed by atoms with Crippen LogP contribution in [0.3, 0.4) is 0 Å². The highest BCUT2D eigenvalue weighted by atomic mass is 19.3. The average Bonchev–Trinajstić information content (AvgIpc) is 2.18. The molecule has 1 N–H and O–H groups in total. The van der Waals surface area contributed by atoms with Crippen molar-refractivity contribution in [3.05, 3.63) is 35.1 Å². The monoisotopic (exact) mass is 217 g/mol. The molecule has 1 atom stereocenters. The Hall–Kier alpha value is -1.03. The van der Waals surface area contributed by atoms with Crippen molar-refractivity contribution in [3.8, 4) is 0 Å². The SMILES string of the molecule is CCNC(c1cc(C)ccc1F)C(F)F. The molecule has 0 saturated heterocycles. The minimum absolute atomic E-state index is 0.0341. The van der Waals surface area contributed by atoms with Gasteiger partial charge in [-0.25, -0.2) is 13.2 Å². The van der Waals surface area contributed by atoms with Gasteiger partial charge < -0.3 is 5.32 Å². The second kappa shape index (κ2) is 5.16. The van der Waals surface area contributed by atoms with Gasteiger partial charge >= 0.3 is 0 Å². The van der Waals surface area contributed by atoms with Gasteiger partial charge in [0.1, 0.15) is 5.82 Å². The Bertz CT molecular complexity index is 326. The molecule has 4 heteroatoms. The van der Waals surface area contributed by atoms with Crippen LogP contribution in [0.1, 0.15) is 24.1 Å². The Kier molecular flexibility index (Phi) is 4.15. The summed E-state index contributed by atoms with van der Waals surface area (Å²) in [6.45, 7) is 3.84. The molecule has 1 nitrogen and oxygen atoms in total. The molecule has 84 valence electrons. The summed E-state index contributed by atoms with van der Waals surface area (Å²) in [7, 11) is 0. The van der Waals surface area contributed by atoms with E-state index in [9.17, 15) is 13.2 Å². The molecule has 1 aromatic carbocycles. The fourth-order valence-electron chi connectivity index (χ4n) is 1.46. The molecule has 0 heterocycles. The summed E-state index contributed by atoms with van der Waals surface area (Å²) in [6.07, 6.45) is -2.61. The van der Waals surface area contributed by atoms with Crippen molar-refractivity contribution in [3.63, 3.8) is 0 Å². The van der Waals surface area contributed by atoms with Gasteiger partial charge in [0.25, 0.3) is 6.43 Å². The molecule has 1 rings (SSSR count). The Labute approximate surface area is 87.3 Å². The van der Waals surface area contributed by atoms with E-state index in [1.165, 1.54) is 12.1 Å². The predicted octanol–water partition coefficient (Wildman–Crippen LogP) is 3.05. The highest BCUT2D eigenvalue weighted by Gasteiger charge is 2.24. The average molecular weight is 217 g/mol. The van der Waals surface area contributed by atoms with E-state index >= 15 is 0 Å². The lowest BCUT2D eigenvalue weighted by molar-refractivity contribution is 0.0975. The molecule has 0 aromatic heterocycles. The van der Waals surface area contributed by atoms with Gasteiger partial charge in [-0.15, -0.1) is 0 Å². The molecule has 0 aliphatic carbocycles. The quantitative estimate of drug-likeness (QED) is 0.817. The number of nitrogens with one attached hydrogen (secondary N) is 1. The van der Waals surface area contributed by atoms with Crippen LogP contribution in [-0.4, -0.2) is 13.0 Å². The Morgan fingerprint density at radius 3 is 2.53 bits per heavy atom. The van der Waals surface area contributed by atoms with Gasteiger partial charge in [0.05, 0.1) is 6.04 Å². The Morgan fingerprint density at radius 2 is 2.00 bits per heavy atom. The fourth-order valence-corrected chi connectivity index (χ4v) is 1.46. The molecular weight excluding hydrogens is 203 g/mol. The maximum absolute atomic E-state index is 13.3. The molecule has 0 amide bonds. The smallest absolute Gasteiger partial charge is 0.257 e. The molecule has 0 bridgehead atoms. The van der Waals surface area contributed by atoms with Crippen molar-refractivity contribution in [2.45, 2.75) is 26.3 Å². The normalized spacial score (nSPS) is 13.2. The van der Waals surface area contributed by atoms with Crippen LogP contribution < -0.4 is 5.32 Å². The molecule has 0 aliphatic heterocycles. The fraction of sp³-hybridized carbons (Fsp3) is 0.455. The summed E-state index contributed by atoms with van der Waals surface area (Å²) < 4.78 is 38.6. The molecule has 0 spiro atoms. The summed E-state index contributed by atoms with van der Waals surface area (Å²) in [5.41, 5.74) is 0.807.